The number of rotatable bonds is 7. The summed E-state index contributed by atoms with van der Waals surface area (Å²) in [5.41, 5.74) is 2.96. The van der Waals surface area contributed by atoms with Crippen molar-refractivity contribution in [3.8, 4) is 0 Å². The zero-order valence-corrected chi connectivity index (χ0v) is 14.0. The molecule has 0 unspecified atom stereocenters. The lowest BCUT2D eigenvalue weighted by atomic mass is 10.1. The van der Waals surface area contributed by atoms with Crippen LogP contribution in [0.2, 0.25) is 0 Å². The third kappa shape index (κ3) is 3.81. The van der Waals surface area contributed by atoms with E-state index in [0.717, 1.165) is 29.5 Å². The van der Waals surface area contributed by atoms with Gasteiger partial charge in [0, 0.05) is 20.1 Å². The van der Waals surface area contributed by atoms with E-state index in [9.17, 15) is 8.42 Å². The van der Waals surface area contributed by atoms with Crippen LogP contribution in [0.3, 0.4) is 0 Å². The van der Waals surface area contributed by atoms with E-state index in [1.165, 1.54) is 4.31 Å². The van der Waals surface area contributed by atoms with E-state index in [1.807, 2.05) is 27.0 Å². The fourth-order valence-corrected chi connectivity index (χ4v) is 3.66. The van der Waals surface area contributed by atoms with Crippen LogP contribution in [0.1, 0.15) is 36.5 Å². The molecule has 4 nitrogen and oxygen atoms in total. The molecule has 0 bridgehead atoms. The van der Waals surface area contributed by atoms with Gasteiger partial charge in [0.2, 0.25) is 10.0 Å². The van der Waals surface area contributed by atoms with Gasteiger partial charge in [0.05, 0.1) is 4.90 Å². The Morgan fingerprint density at radius 1 is 1.20 bits per heavy atom. The van der Waals surface area contributed by atoms with Crippen LogP contribution in [0.4, 0.5) is 0 Å². The molecular weight excluding hydrogens is 272 g/mol. The van der Waals surface area contributed by atoms with Crippen LogP contribution in [0, 0.1) is 13.8 Å². The Morgan fingerprint density at radius 3 is 2.40 bits per heavy atom. The molecule has 1 N–H and O–H groups in total. The predicted octanol–water partition coefficient (Wildman–Crippen LogP) is 2.44. The summed E-state index contributed by atoms with van der Waals surface area (Å²) < 4.78 is 26.7. The van der Waals surface area contributed by atoms with Gasteiger partial charge in [0.1, 0.15) is 0 Å². The first-order valence-electron chi connectivity index (χ1n) is 7.05. The smallest absolute Gasteiger partial charge is 0.243 e. The third-order valence-electron chi connectivity index (χ3n) is 3.52. The molecule has 1 aromatic carbocycles. The zero-order chi connectivity index (χ0) is 15.3. The average Bonchev–Trinajstić information content (AvgIpc) is 2.38. The van der Waals surface area contributed by atoms with E-state index in [-0.39, 0.29) is 0 Å². The summed E-state index contributed by atoms with van der Waals surface area (Å²) in [6.07, 6.45) is 1.86. The Bertz CT molecular complexity index is 553. The number of hydrogen-bond donors (Lipinski definition) is 1. The first-order chi connectivity index (χ1) is 9.34. The van der Waals surface area contributed by atoms with Crippen LogP contribution in [0.5, 0.6) is 0 Å². The van der Waals surface area contributed by atoms with Gasteiger partial charge in [-0.25, -0.2) is 12.7 Å². The maximum atomic E-state index is 12.6. The van der Waals surface area contributed by atoms with Crippen LogP contribution >= 0.6 is 0 Å². The number of aryl methyl sites for hydroxylation is 2. The Labute approximate surface area is 123 Å². The fourth-order valence-electron chi connectivity index (χ4n) is 2.20. The summed E-state index contributed by atoms with van der Waals surface area (Å²) in [4.78, 5) is 0.423. The second-order valence-electron chi connectivity index (χ2n) is 5.25. The first-order valence-corrected chi connectivity index (χ1v) is 8.49. The highest BCUT2D eigenvalue weighted by atomic mass is 32.2. The monoisotopic (exact) mass is 298 g/mol. The Balaban J connectivity index is 3.20. The molecule has 20 heavy (non-hydrogen) atoms. The van der Waals surface area contributed by atoms with Crippen molar-refractivity contribution < 1.29 is 8.42 Å². The predicted molar refractivity (Wildman–Crippen MR) is 83.4 cm³/mol. The Hall–Kier alpha value is -0.910. The largest absolute Gasteiger partial charge is 0.316 e. The van der Waals surface area contributed by atoms with Gasteiger partial charge in [-0.15, -0.1) is 0 Å². The Kier molecular flexibility index (Phi) is 6.17. The lowest BCUT2D eigenvalue weighted by Gasteiger charge is -2.19. The number of hydrogen-bond acceptors (Lipinski definition) is 3. The maximum absolute atomic E-state index is 12.6. The van der Waals surface area contributed by atoms with Crippen LogP contribution in [-0.2, 0) is 16.6 Å². The third-order valence-corrected chi connectivity index (χ3v) is 5.51. The molecule has 5 heteroatoms. The summed E-state index contributed by atoms with van der Waals surface area (Å²) in [6, 6.07) is 3.76. The highest BCUT2D eigenvalue weighted by Crippen LogP contribution is 2.23. The van der Waals surface area contributed by atoms with Gasteiger partial charge >= 0.3 is 0 Å². The van der Waals surface area contributed by atoms with Crippen molar-refractivity contribution >= 4 is 10.0 Å². The molecular formula is C15H26N2O2S. The normalized spacial score (nSPS) is 12.1. The van der Waals surface area contributed by atoms with Crippen molar-refractivity contribution in [3.05, 3.63) is 28.8 Å². The van der Waals surface area contributed by atoms with Crippen molar-refractivity contribution in [3.63, 3.8) is 0 Å². The van der Waals surface area contributed by atoms with Crippen LogP contribution < -0.4 is 5.32 Å². The highest BCUT2D eigenvalue weighted by molar-refractivity contribution is 7.89. The van der Waals surface area contributed by atoms with Crippen molar-refractivity contribution in [2.45, 2.75) is 45.1 Å². The first kappa shape index (κ1) is 17.1. The van der Waals surface area contributed by atoms with Gasteiger partial charge < -0.3 is 5.32 Å². The molecule has 0 atom stereocenters. The molecule has 0 saturated heterocycles. The molecule has 0 heterocycles. The van der Waals surface area contributed by atoms with Crippen molar-refractivity contribution in [1.29, 1.82) is 0 Å². The lowest BCUT2D eigenvalue weighted by molar-refractivity contribution is 0.459. The van der Waals surface area contributed by atoms with Gasteiger partial charge in [-0.2, -0.15) is 0 Å². The topological polar surface area (TPSA) is 49.4 Å². The van der Waals surface area contributed by atoms with Crippen LogP contribution in [-0.4, -0.2) is 33.4 Å². The summed E-state index contributed by atoms with van der Waals surface area (Å²) >= 11 is 0. The van der Waals surface area contributed by atoms with Gasteiger partial charge in [0.25, 0.3) is 0 Å². The summed E-state index contributed by atoms with van der Waals surface area (Å²) in [5, 5.41) is 3.08. The number of unbranched alkanes of at least 4 members (excludes halogenated alkanes) is 1. The number of nitrogens with one attached hydrogen (secondary N) is 1. The molecule has 0 aliphatic heterocycles. The fraction of sp³-hybridized carbons (Fsp3) is 0.600. The van der Waals surface area contributed by atoms with E-state index in [1.54, 1.807) is 13.1 Å². The number of benzene rings is 1. The van der Waals surface area contributed by atoms with Gasteiger partial charge in [0.15, 0.2) is 0 Å². The highest BCUT2D eigenvalue weighted by Gasteiger charge is 2.23. The van der Waals surface area contributed by atoms with Crippen LogP contribution in [0.15, 0.2) is 17.0 Å². The quantitative estimate of drug-likeness (QED) is 0.841. The van der Waals surface area contributed by atoms with E-state index in [4.69, 9.17) is 0 Å². The second-order valence-corrected chi connectivity index (χ2v) is 7.27. The molecule has 0 aliphatic rings. The number of sulfonamides is 1. The molecule has 1 rings (SSSR count). The van der Waals surface area contributed by atoms with Crippen LogP contribution in [0.25, 0.3) is 0 Å². The summed E-state index contributed by atoms with van der Waals surface area (Å²) in [7, 11) is 0.123. The molecule has 0 radical (unpaired) electrons. The van der Waals surface area contributed by atoms with E-state index in [0.29, 0.717) is 18.0 Å². The molecule has 0 aromatic heterocycles. The van der Waals surface area contributed by atoms with Gasteiger partial charge in [-0.1, -0.05) is 19.4 Å². The minimum Gasteiger partial charge on any atom is -0.316 e. The molecule has 114 valence electrons. The minimum atomic E-state index is -3.39. The minimum absolute atomic E-state index is 0.423. The van der Waals surface area contributed by atoms with Gasteiger partial charge in [-0.3, -0.25) is 0 Å². The second kappa shape index (κ2) is 7.20. The molecule has 0 amide bonds. The average molecular weight is 298 g/mol. The zero-order valence-electron chi connectivity index (χ0n) is 13.2. The SMILES string of the molecule is CCCCN(C)S(=O)(=O)c1cc(CNC)c(C)cc1C. The van der Waals surface area contributed by atoms with E-state index in [2.05, 4.69) is 12.2 Å². The van der Waals surface area contributed by atoms with Crippen molar-refractivity contribution in [2.75, 3.05) is 20.6 Å². The number of nitrogens with zero attached hydrogens (tertiary/aromatic N) is 1. The summed E-state index contributed by atoms with van der Waals surface area (Å²) in [6.45, 7) is 7.16. The van der Waals surface area contributed by atoms with E-state index < -0.39 is 10.0 Å². The molecule has 0 fully saturated rings. The Morgan fingerprint density at radius 2 is 1.85 bits per heavy atom. The molecule has 0 aliphatic carbocycles. The summed E-state index contributed by atoms with van der Waals surface area (Å²) in [5.74, 6) is 0. The van der Waals surface area contributed by atoms with Gasteiger partial charge in [-0.05, 0) is 50.1 Å². The molecule has 0 saturated carbocycles. The molecule has 1 aromatic rings. The molecule has 0 spiro atoms. The standard InChI is InChI=1S/C15H26N2O2S/c1-6-7-8-17(5)20(18,19)15-10-14(11-16-4)12(2)9-13(15)3/h9-10,16H,6-8,11H2,1-5H3. The van der Waals surface area contributed by atoms with Crippen molar-refractivity contribution in [1.82, 2.24) is 9.62 Å². The lowest BCUT2D eigenvalue weighted by Crippen LogP contribution is -2.28. The van der Waals surface area contributed by atoms with E-state index >= 15 is 0 Å². The maximum Gasteiger partial charge on any atom is 0.243 e. The van der Waals surface area contributed by atoms with Crippen molar-refractivity contribution in [2.24, 2.45) is 0 Å².